The topological polar surface area (TPSA) is 50.4 Å². The zero-order valence-electron chi connectivity index (χ0n) is 7.86. The van der Waals surface area contributed by atoms with Crippen molar-refractivity contribution < 1.29 is 14.3 Å². The van der Waals surface area contributed by atoms with Crippen LogP contribution in [0.15, 0.2) is 23.0 Å². The Labute approximate surface area is 77.4 Å². The molecule has 0 saturated heterocycles. The Balaban J connectivity index is 2.63. The average Bonchev–Trinajstić information content (AvgIpc) is 2.50. The highest BCUT2D eigenvalue weighted by molar-refractivity contribution is 5.70. The molecule has 3 nitrogen and oxygen atoms in total. The highest BCUT2D eigenvalue weighted by Gasteiger charge is 2.21. The summed E-state index contributed by atoms with van der Waals surface area (Å²) in [6, 6.07) is 1.80. The Kier molecular flexibility index (Phi) is 3.12. The van der Waals surface area contributed by atoms with E-state index >= 15 is 0 Å². The molecule has 0 bridgehead atoms. The Morgan fingerprint density at radius 2 is 2.31 bits per heavy atom. The number of carbonyl (C=O) groups is 1. The van der Waals surface area contributed by atoms with Crippen molar-refractivity contribution in [2.45, 2.75) is 20.3 Å². The lowest BCUT2D eigenvalue weighted by Gasteiger charge is -2.14. The molecule has 1 N–H and O–H groups in total. The molecule has 0 aliphatic heterocycles. The second-order valence-electron chi connectivity index (χ2n) is 3.52. The molecule has 0 aromatic carbocycles. The predicted octanol–water partition coefficient (Wildman–Crippen LogP) is 2.18. The molecule has 0 amide bonds. The zero-order chi connectivity index (χ0) is 9.84. The quantitative estimate of drug-likeness (QED) is 0.776. The van der Waals surface area contributed by atoms with Gasteiger partial charge in [-0.25, -0.2) is 0 Å². The van der Waals surface area contributed by atoms with E-state index in [4.69, 9.17) is 9.52 Å². The van der Waals surface area contributed by atoms with Crippen LogP contribution in [-0.4, -0.2) is 11.1 Å². The van der Waals surface area contributed by atoms with Gasteiger partial charge in [0.1, 0.15) is 0 Å². The zero-order valence-corrected chi connectivity index (χ0v) is 7.86. The molecule has 1 rings (SSSR count). The molecule has 0 aliphatic carbocycles. The van der Waals surface area contributed by atoms with Gasteiger partial charge in [0.15, 0.2) is 0 Å². The first-order valence-corrected chi connectivity index (χ1v) is 4.35. The van der Waals surface area contributed by atoms with Crippen LogP contribution in [0.25, 0.3) is 0 Å². The van der Waals surface area contributed by atoms with Gasteiger partial charge < -0.3 is 9.52 Å². The van der Waals surface area contributed by atoms with Crippen LogP contribution < -0.4 is 0 Å². The molecule has 1 atom stereocenters. The maximum absolute atomic E-state index is 10.8. The summed E-state index contributed by atoms with van der Waals surface area (Å²) in [6.45, 7) is 3.83. The molecule has 0 radical (unpaired) electrons. The fourth-order valence-electron chi connectivity index (χ4n) is 1.27. The van der Waals surface area contributed by atoms with Gasteiger partial charge >= 0.3 is 5.97 Å². The summed E-state index contributed by atoms with van der Waals surface area (Å²) in [5, 5.41) is 8.91. The van der Waals surface area contributed by atoms with Crippen LogP contribution in [0.5, 0.6) is 0 Å². The molecule has 13 heavy (non-hydrogen) atoms. The van der Waals surface area contributed by atoms with E-state index in [0.29, 0.717) is 6.42 Å². The van der Waals surface area contributed by atoms with Crippen molar-refractivity contribution in [1.82, 2.24) is 0 Å². The van der Waals surface area contributed by atoms with Crippen molar-refractivity contribution in [3.8, 4) is 0 Å². The van der Waals surface area contributed by atoms with Crippen molar-refractivity contribution in [3.05, 3.63) is 24.2 Å². The molecule has 1 heterocycles. The number of hydrogen-bond donors (Lipinski definition) is 1. The monoisotopic (exact) mass is 182 g/mol. The number of hydrogen-bond acceptors (Lipinski definition) is 2. The van der Waals surface area contributed by atoms with Gasteiger partial charge in [0.05, 0.1) is 18.4 Å². The third-order valence-electron chi connectivity index (χ3n) is 2.16. The normalized spacial score (nSPS) is 13.2. The molecule has 3 heteroatoms. The average molecular weight is 182 g/mol. The van der Waals surface area contributed by atoms with Crippen LogP contribution in [0.1, 0.15) is 19.4 Å². The molecule has 1 aromatic heterocycles. The first-order chi connectivity index (χ1) is 6.11. The molecular formula is C10H14O3. The maximum atomic E-state index is 10.8. The van der Waals surface area contributed by atoms with E-state index in [1.165, 1.54) is 0 Å². The Bertz CT molecular complexity index is 262. The van der Waals surface area contributed by atoms with Gasteiger partial charge in [0.2, 0.25) is 0 Å². The number of aliphatic carboxylic acids is 1. The molecule has 0 spiro atoms. The fraction of sp³-hybridized carbons (Fsp3) is 0.500. The van der Waals surface area contributed by atoms with Gasteiger partial charge in [0, 0.05) is 0 Å². The minimum atomic E-state index is -0.740. The van der Waals surface area contributed by atoms with Crippen LogP contribution in [0, 0.1) is 11.8 Å². The highest BCUT2D eigenvalue weighted by Crippen LogP contribution is 2.17. The van der Waals surface area contributed by atoms with Gasteiger partial charge in [-0.1, -0.05) is 13.8 Å². The highest BCUT2D eigenvalue weighted by atomic mass is 16.4. The minimum absolute atomic E-state index is 0.146. The van der Waals surface area contributed by atoms with E-state index in [0.717, 1.165) is 5.56 Å². The first kappa shape index (κ1) is 9.84. The molecular weight excluding hydrogens is 168 g/mol. The van der Waals surface area contributed by atoms with Gasteiger partial charge in [-0.3, -0.25) is 4.79 Å². The standard InChI is InChI=1S/C10H14O3/c1-7(2)9(10(11)12)5-8-3-4-13-6-8/h3-4,6-7,9H,5H2,1-2H3,(H,11,12). The molecule has 0 aliphatic rings. The first-order valence-electron chi connectivity index (χ1n) is 4.35. The smallest absolute Gasteiger partial charge is 0.307 e. The van der Waals surface area contributed by atoms with Gasteiger partial charge in [0.25, 0.3) is 0 Å². The van der Waals surface area contributed by atoms with Crippen molar-refractivity contribution in [2.75, 3.05) is 0 Å². The van der Waals surface area contributed by atoms with Crippen LogP contribution in [-0.2, 0) is 11.2 Å². The van der Waals surface area contributed by atoms with E-state index in [9.17, 15) is 4.79 Å². The number of rotatable bonds is 4. The third-order valence-corrected chi connectivity index (χ3v) is 2.16. The Hall–Kier alpha value is -1.25. The van der Waals surface area contributed by atoms with Crippen LogP contribution in [0.4, 0.5) is 0 Å². The van der Waals surface area contributed by atoms with Crippen LogP contribution >= 0.6 is 0 Å². The Morgan fingerprint density at radius 1 is 1.62 bits per heavy atom. The van der Waals surface area contributed by atoms with E-state index < -0.39 is 5.97 Å². The van der Waals surface area contributed by atoms with Gasteiger partial charge in [-0.05, 0) is 24.0 Å². The second-order valence-corrected chi connectivity index (χ2v) is 3.52. The van der Waals surface area contributed by atoms with E-state index in [1.807, 2.05) is 13.8 Å². The van der Waals surface area contributed by atoms with E-state index in [2.05, 4.69) is 0 Å². The number of carboxylic acids is 1. The van der Waals surface area contributed by atoms with Crippen LogP contribution in [0.2, 0.25) is 0 Å². The van der Waals surface area contributed by atoms with Crippen molar-refractivity contribution in [2.24, 2.45) is 11.8 Å². The van der Waals surface area contributed by atoms with Crippen molar-refractivity contribution in [1.29, 1.82) is 0 Å². The summed E-state index contributed by atoms with van der Waals surface area (Å²) in [4.78, 5) is 10.8. The summed E-state index contributed by atoms with van der Waals surface area (Å²) < 4.78 is 4.88. The summed E-state index contributed by atoms with van der Waals surface area (Å²) in [6.07, 6.45) is 3.70. The number of carboxylic acid groups (broad SMARTS) is 1. The lowest BCUT2D eigenvalue weighted by atomic mass is 9.90. The van der Waals surface area contributed by atoms with Gasteiger partial charge in [-0.2, -0.15) is 0 Å². The third kappa shape index (κ3) is 2.61. The lowest BCUT2D eigenvalue weighted by molar-refractivity contribution is -0.143. The van der Waals surface area contributed by atoms with Crippen molar-refractivity contribution >= 4 is 5.97 Å². The molecule has 1 aromatic rings. The summed E-state index contributed by atoms with van der Waals surface area (Å²) in [5.74, 6) is -0.916. The predicted molar refractivity (Wildman–Crippen MR) is 48.4 cm³/mol. The summed E-state index contributed by atoms with van der Waals surface area (Å²) in [7, 11) is 0. The number of furan rings is 1. The largest absolute Gasteiger partial charge is 0.481 e. The summed E-state index contributed by atoms with van der Waals surface area (Å²) >= 11 is 0. The van der Waals surface area contributed by atoms with Crippen LogP contribution in [0.3, 0.4) is 0 Å². The molecule has 0 saturated carbocycles. The fourth-order valence-corrected chi connectivity index (χ4v) is 1.27. The SMILES string of the molecule is CC(C)C(Cc1ccoc1)C(=O)O. The molecule has 0 fully saturated rings. The second kappa shape index (κ2) is 4.12. The molecule has 72 valence electrons. The minimum Gasteiger partial charge on any atom is -0.481 e. The van der Waals surface area contributed by atoms with Crippen molar-refractivity contribution in [3.63, 3.8) is 0 Å². The van der Waals surface area contributed by atoms with E-state index in [-0.39, 0.29) is 11.8 Å². The Morgan fingerprint density at radius 3 is 2.69 bits per heavy atom. The van der Waals surface area contributed by atoms with Gasteiger partial charge in [-0.15, -0.1) is 0 Å². The van der Waals surface area contributed by atoms with E-state index in [1.54, 1.807) is 18.6 Å². The maximum Gasteiger partial charge on any atom is 0.307 e. The lowest BCUT2D eigenvalue weighted by Crippen LogP contribution is -2.21. The molecule has 1 unspecified atom stereocenters. The summed E-state index contributed by atoms with van der Waals surface area (Å²) in [5.41, 5.74) is 0.945.